The Hall–Kier alpha value is -9.42. The molecule has 0 radical (unpaired) electrons. The summed E-state index contributed by atoms with van der Waals surface area (Å²) in [5.41, 5.74) is 20.4. The first-order chi connectivity index (χ1) is 38.1. The summed E-state index contributed by atoms with van der Waals surface area (Å²) in [7, 11) is 0. The first-order valence-electron chi connectivity index (χ1n) is 27.4. The summed E-state index contributed by atoms with van der Waals surface area (Å²) < 4.78 is 2.59. The van der Waals surface area contributed by atoms with Crippen molar-refractivity contribution in [2.24, 2.45) is 5.92 Å². The van der Waals surface area contributed by atoms with Crippen molar-refractivity contribution in [3.63, 3.8) is 0 Å². The van der Waals surface area contributed by atoms with E-state index in [-0.39, 0.29) is 0 Å². The molecule has 12 aromatic rings. The lowest BCUT2D eigenvalue weighted by molar-refractivity contribution is 0.672. The fourth-order valence-corrected chi connectivity index (χ4v) is 15.5. The minimum absolute atomic E-state index is 0.344. The lowest BCUT2D eigenvalue weighted by Gasteiger charge is -2.42. The van der Waals surface area contributed by atoms with E-state index in [1.807, 2.05) is 0 Å². The number of nitrogens with zero attached hydrogens (tertiary/aromatic N) is 2. The maximum absolute atomic E-state index is 4.01. The van der Waals surface area contributed by atoms with Crippen LogP contribution in [0.1, 0.15) is 65.1 Å². The average Bonchev–Trinajstić information content (AvgIpc) is 4.21. The minimum atomic E-state index is -0.578. The predicted molar refractivity (Wildman–Crippen MR) is 319 cm³/mol. The molecule has 1 aromatic heterocycles. The molecule has 77 heavy (non-hydrogen) atoms. The molecule has 11 aromatic carbocycles. The second-order valence-electron chi connectivity index (χ2n) is 22.0. The fraction of sp³-hybridized carbons (Fsp3) is 0.0933. The van der Waals surface area contributed by atoms with Gasteiger partial charge >= 0.3 is 0 Å². The van der Waals surface area contributed by atoms with Gasteiger partial charge in [-0.25, -0.2) is 0 Å². The number of aromatic nitrogens is 1. The van der Waals surface area contributed by atoms with Crippen LogP contribution in [0, 0.1) is 18.1 Å². The highest BCUT2D eigenvalue weighted by Crippen LogP contribution is 2.63. The van der Waals surface area contributed by atoms with E-state index >= 15 is 0 Å². The molecule has 360 valence electrons. The van der Waals surface area contributed by atoms with Gasteiger partial charge in [-0.15, -0.1) is 0 Å². The zero-order valence-electron chi connectivity index (χ0n) is 42.7. The molecule has 17 rings (SSSR count). The van der Waals surface area contributed by atoms with Crippen LogP contribution in [0.2, 0.25) is 0 Å². The van der Waals surface area contributed by atoms with E-state index in [1.165, 1.54) is 126 Å². The highest BCUT2D eigenvalue weighted by Gasteiger charge is 2.54. The van der Waals surface area contributed by atoms with Crippen molar-refractivity contribution in [1.82, 2.24) is 4.57 Å². The van der Waals surface area contributed by atoms with Crippen LogP contribution < -0.4 is 15.5 Å². The number of para-hydroxylation sites is 2. The van der Waals surface area contributed by atoms with Crippen molar-refractivity contribution in [2.75, 3.05) is 4.90 Å². The molecule has 0 amide bonds. The van der Waals surface area contributed by atoms with Crippen LogP contribution in [-0.2, 0) is 10.8 Å². The molecule has 2 heteroatoms. The summed E-state index contributed by atoms with van der Waals surface area (Å²) in [6.45, 7) is 2.41. The summed E-state index contributed by atoms with van der Waals surface area (Å²) >= 11 is 0. The number of anilines is 3. The number of hydrogen-bond donors (Lipinski definition) is 0. The van der Waals surface area contributed by atoms with Gasteiger partial charge in [-0.2, -0.15) is 0 Å². The standard InChI is InChI=1S/C75H50N2/c1-47-43-62-59-30-14-18-36-69(59)77-70-37-19-17-34-65(70)75(68(44-47)73(62)77)64-33-16-13-31-60(64)72-66(75)35-20-38-71(72)76(50-39-41-56-54-27-9-8-25-52(54)53-26-10-11-28-55(53)61(56)45-50)51-40-42-58-57-29-12-15-32-63(57)74(67(58)46-51,48-21-4-2-5-22-48)49-23-6-3-7-24-49/h2-12,14-19,21-30,32-34,36-43,45-47H,13,31,44H2,1H3. The summed E-state index contributed by atoms with van der Waals surface area (Å²) in [4.78, 5) is 2.59. The van der Waals surface area contributed by atoms with Gasteiger partial charge in [-0.3, -0.25) is 0 Å². The van der Waals surface area contributed by atoms with Crippen molar-refractivity contribution < 1.29 is 0 Å². The summed E-state index contributed by atoms with van der Waals surface area (Å²) in [5.74, 6) is 0.344. The molecule has 1 spiro atoms. The zero-order chi connectivity index (χ0) is 50.6. The Kier molecular flexibility index (Phi) is 8.81. The van der Waals surface area contributed by atoms with E-state index in [4.69, 9.17) is 0 Å². The van der Waals surface area contributed by atoms with Gasteiger partial charge in [0.1, 0.15) is 0 Å². The van der Waals surface area contributed by atoms with E-state index in [1.54, 1.807) is 0 Å². The normalized spacial score (nSPS) is 17.9. The van der Waals surface area contributed by atoms with Crippen LogP contribution in [0.15, 0.2) is 242 Å². The number of allylic oxidation sites excluding steroid dienone is 4. The molecule has 4 aliphatic carbocycles. The number of benzene rings is 10. The van der Waals surface area contributed by atoms with Crippen molar-refractivity contribution in [2.45, 2.75) is 37.0 Å². The van der Waals surface area contributed by atoms with Crippen LogP contribution in [0.25, 0.3) is 77.3 Å². The molecule has 2 heterocycles. The van der Waals surface area contributed by atoms with E-state index in [2.05, 4.69) is 271 Å². The molecule has 0 fully saturated rings. The van der Waals surface area contributed by atoms with E-state index < -0.39 is 10.8 Å². The van der Waals surface area contributed by atoms with Gasteiger partial charge in [0.25, 0.3) is 0 Å². The third-order valence-corrected chi connectivity index (χ3v) is 18.3. The lowest BCUT2D eigenvalue weighted by atomic mass is 9.62. The van der Waals surface area contributed by atoms with E-state index in [0.717, 1.165) is 36.3 Å². The van der Waals surface area contributed by atoms with Crippen molar-refractivity contribution in [3.8, 4) is 16.8 Å². The third kappa shape index (κ3) is 5.51. The molecule has 2 atom stereocenters. The predicted octanol–water partition coefficient (Wildman–Crippen LogP) is 16.9. The molecular formula is C75H50N2. The van der Waals surface area contributed by atoms with Gasteiger partial charge < -0.3 is 9.47 Å². The maximum Gasteiger partial charge on any atom is 0.0794 e. The minimum Gasteiger partial charge on any atom is -0.309 e. The van der Waals surface area contributed by atoms with Gasteiger partial charge in [0.15, 0.2) is 0 Å². The first kappa shape index (κ1) is 42.9. The van der Waals surface area contributed by atoms with Gasteiger partial charge in [-0.1, -0.05) is 219 Å². The number of rotatable bonds is 5. The van der Waals surface area contributed by atoms with Crippen LogP contribution in [0.4, 0.5) is 17.1 Å². The van der Waals surface area contributed by atoms with Gasteiger partial charge in [0.05, 0.1) is 33.1 Å². The quantitative estimate of drug-likeness (QED) is 0.156. The second kappa shape index (κ2) is 15.8. The number of hydrogen-bond acceptors (Lipinski definition) is 1. The monoisotopic (exact) mass is 978 g/mol. The zero-order valence-corrected chi connectivity index (χ0v) is 42.7. The second-order valence-corrected chi connectivity index (χ2v) is 22.0. The Labute approximate surface area is 448 Å². The van der Waals surface area contributed by atoms with Gasteiger partial charge in [-0.05, 0) is 150 Å². The summed E-state index contributed by atoms with van der Waals surface area (Å²) in [6.07, 6.45) is 10.3. The Bertz CT molecular complexity index is 4670. The SMILES string of the molecule is CC1C=c2c3n(c4ccccc24)-c2ccccc2C2(C4=C(CCC=C4)c4c2c#ccc4N(c2ccc4c(c2)C(c2ccccc2)(c2ccccc2)c2ccccc2-4)c2ccc4c5ccccc5c5ccccc5c4c2)C=3C1. The Morgan fingerprint density at radius 2 is 1.13 bits per heavy atom. The maximum atomic E-state index is 4.01. The number of fused-ring (bicyclic) bond motifs is 20. The Balaban J connectivity index is 1.00. The average molecular weight is 979 g/mol. The Morgan fingerprint density at radius 1 is 0.532 bits per heavy atom. The van der Waals surface area contributed by atoms with Crippen LogP contribution >= 0.6 is 0 Å². The van der Waals surface area contributed by atoms with Crippen molar-refractivity contribution in [3.05, 3.63) is 304 Å². The molecule has 0 saturated heterocycles. The molecule has 1 aliphatic heterocycles. The van der Waals surface area contributed by atoms with Crippen LogP contribution in [-0.4, -0.2) is 4.57 Å². The molecule has 0 N–H and O–H groups in total. The molecular weight excluding hydrogens is 929 g/mol. The van der Waals surface area contributed by atoms with E-state index in [0.29, 0.717) is 5.92 Å². The molecule has 2 unspecified atom stereocenters. The van der Waals surface area contributed by atoms with Crippen molar-refractivity contribution in [1.29, 1.82) is 0 Å². The van der Waals surface area contributed by atoms with Gasteiger partial charge in [0, 0.05) is 39.2 Å². The van der Waals surface area contributed by atoms with E-state index in [9.17, 15) is 0 Å². The largest absolute Gasteiger partial charge is 0.309 e. The Morgan fingerprint density at radius 3 is 1.88 bits per heavy atom. The lowest BCUT2D eigenvalue weighted by Crippen LogP contribution is -2.47. The topological polar surface area (TPSA) is 8.17 Å². The molecule has 0 saturated carbocycles. The van der Waals surface area contributed by atoms with Crippen LogP contribution in [0.3, 0.4) is 0 Å². The smallest absolute Gasteiger partial charge is 0.0794 e. The first-order valence-corrected chi connectivity index (χ1v) is 27.4. The van der Waals surface area contributed by atoms with Gasteiger partial charge in [0.2, 0.25) is 0 Å². The molecule has 5 aliphatic rings. The molecule has 2 nitrogen and oxygen atoms in total. The summed E-state index contributed by atoms with van der Waals surface area (Å²) in [6, 6.07) is 92.4. The third-order valence-electron chi connectivity index (χ3n) is 18.3. The van der Waals surface area contributed by atoms with Crippen LogP contribution in [0.5, 0.6) is 0 Å². The highest BCUT2D eigenvalue weighted by atomic mass is 15.1. The molecule has 0 bridgehead atoms. The summed E-state index contributed by atoms with van der Waals surface area (Å²) in [5, 5.41) is 11.6. The fourth-order valence-electron chi connectivity index (χ4n) is 15.5. The highest BCUT2D eigenvalue weighted by molar-refractivity contribution is 6.26. The van der Waals surface area contributed by atoms with Crippen molar-refractivity contribution >= 4 is 77.5 Å².